The van der Waals surface area contributed by atoms with Crippen molar-refractivity contribution in [2.45, 2.75) is 31.8 Å². The average molecular weight is 388 g/mol. The van der Waals surface area contributed by atoms with E-state index in [2.05, 4.69) is 28.2 Å². The molecule has 0 unspecified atom stereocenters. The second-order valence-corrected chi connectivity index (χ2v) is 8.29. The average Bonchev–Trinajstić information content (AvgIpc) is 3.14. The third kappa shape index (κ3) is 3.47. The fourth-order valence-corrected chi connectivity index (χ4v) is 5.23. The first kappa shape index (κ1) is 18.4. The van der Waals surface area contributed by atoms with Gasteiger partial charge in [0.15, 0.2) is 0 Å². The molecule has 144 valence electrons. The number of anilines is 1. The van der Waals surface area contributed by atoms with Crippen LogP contribution in [0.3, 0.4) is 0 Å². The molecule has 0 bridgehead atoms. The minimum Gasteiger partial charge on any atom is -0.395 e. The van der Waals surface area contributed by atoms with Crippen molar-refractivity contribution in [3.8, 4) is 0 Å². The lowest BCUT2D eigenvalue weighted by Crippen LogP contribution is -2.46. The number of thiophene rings is 1. The Morgan fingerprint density at radius 1 is 1.44 bits per heavy atom. The molecule has 2 aromatic heterocycles. The lowest BCUT2D eigenvalue weighted by atomic mass is 9.82. The fourth-order valence-electron chi connectivity index (χ4n) is 4.09. The number of hydrogen-bond acceptors (Lipinski definition) is 6. The molecule has 0 radical (unpaired) electrons. The van der Waals surface area contributed by atoms with E-state index < -0.39 is 0 Å². The third-order valence-electron chi connectivity index (χ3n) is 5.48. The highest BCUT2D eigenvalue weighted by Crippen LogP contribution is 2.45. The van der Waals surface area contributed by atoms with E-state index in [1.165, 1.54) is 16.0 Å². The highest BCUT2D eigenvalue weighted by molar-refractivity contribution is 7.14. The molecule has 2 aromatic rings. The first-order valence-corrected chi connectivity index (χ1v) is 10.3. The Balaban J connectivity index is 1.54. The Morgan fingerprint density at radius 3 is 3.00 bits per heavy atom. The summed E-state index contributed by atoms with van der Waals surface area (Å²) in [6.45, 7) is 4.80. The first-order valence-electron chi connectivity index (χ1n) is 9.46. The molecular formula is C20H25N3O3S. The van der Waals surface area contributed by atoms with Gasteiger partial charge in [0.25, 0.3) is 5.91 Å². The van der Waals surface area contributed by atoms with Gasteiger partial charge in [-0.3, -0.25) is 4.79 Å². The number of amides is 1. The molecule has 1 spiro atoms. The third-order valence-corrected chi connectivity index (χ3v) is 6.67. The summed E-state index contributed by atoms with van der Waals surface area (Å²) in [4.78, 5) is 21.2. The lowest BCUT2D eigenvalue weighted by Gasteiger charge is -2.44. The number of rotatable bonds is 4. The molecule has 2 aliphatic rings. The zero-order valence-electron chi connectivity index (χ0n) is 15.5. The predicted octanol–water partition coefficient (Wildman–Crippen LogP) is 2.24. The smallest absolute Gasteiger partial charge is 0.261 e. The molecule has 0 atom stereocenters. The van der Waals surface area contributed by atoms with E-state index >= 15 is 0 Å². The van der Waals surface area contributed by atoms with Crippen LogP contribution in [0.2, 0.25) is 0 Å². The molecule has 2 N–H and O–H groups in total. The Morgan fingerprint density at radius 2 is 2.26 bits per heavy atom. The summed E-state index contributed by atoms with van der Waals surface area (Å²) in [6, 6.07) is 6.07. The highest BCUT2D eigenvalue weighted by Gasteiger charge is 2.42. The molecule has 1 amide bonds. The quantitative estimate of drug-likeness (QED) is 0.842. The van der Waals surface area contributed by atoms with Crippen LogP contribution in [0.4, 0.5) is 5.82 Å². The minimum absolute atomic E-state index is 0.0490. The van der Waals surface area contributed by atoms with Crippen LogP contribution in [0.15, 0.2) is 24.4 Å². The Bertz CT molecular complexity index is 828. The summed E-state index contributed by atoms with van der Waals surface area (Å²) in [6.07, 6.45) is 4.49. The van der Waals surface area contributed by atoms with E-state index in [4.69, 9.17) is 9.84 Å². The largest absolute Gasteiger partial charge is 0.395 e. The number of aromatic nitrogens is 1. The molecule has 4 heterocycles. The van der Waals surface area contributed by atoms with Crippen molar-refractivity contribution in [1.82, 2.24) is 10.3 Å². The van der Waals surface area contributed by atoms with Gasteiger partial charge < -0.3 is 20.1 Å². The van der Waals surface area contributed by atoms with Gasteiger partial charge >= 0.3 is 0 Å². The molecule has 1 saturated heterocycles. The number of ether oxygens (including phenoxy) is 1. The fraction of sp³-hybridized carbons (Fsp3) is 0.500. The Kier molecular flexibility index (Phi) is 5.16. The van der Waals surface area contributed by atoms with Crippen LogP contribution < -0.4 is 10.2 Å². The summed E-state index contributed by atoms with van der Waals surface area (Å²) in [5, 5.41) is 11.7. The standard InChI is InChI=1S/C20H25N3O3S/c1-14-3-2-7-21-18(14)23-9-5-20(6-10-23)15-13-17(19(25)22-8-11-24)27-16(15)4-12-26-20/h2-3,7,13,24H,4-6,8-12H2,1H3,(H,22,25). The van der Waals surface area contributed by atoms with Crippen LogP contribution >= 0.6 is 11.3 Å². The van der Waals surface area contributed by atoms with Gasteiger partial charge in [-0.1, -0.05) is 6.07 Å². The molecule has 1 fully saturated rings. The topological polar surface area (TPSA) is 74.7 Å². The molecule has 0 aromatic carbocycles. The van der Waals surface area contributed by atoms with Crippen molar-refractivity contribution < 1.29 is 14.6 Å². The SMILES string of the molecule is Cc1cccnc1N1CCC2(CC1)OCCc1sc(C(=O)NCCO)cc12. The molecule has 7 heteroatoms. The lowest BCUT2D eigenvalue weighted by molar-refractivity contribution is -0.0757. The van der Waals surface area contributed by atoms with Gasteiger partial charge in [0.1, 0.15) is 5.82 Å². The molecule has 2 aliphatic heterocycles. The molecule has 0 aliphatic carbocycles. The van der Waals surface area contributed by atoms with Gasteiger partial charge in [0, 0.05) is 37.1 Å². The highest BCUT2D eigenvalue weighted by atomic mass is 32.1. The van der Waals surface area contributed by atoms with Crippen molar-refractivity contribution in [1.29, 1.82) is 0 Å². The maximum atomic E-state index is 12.3. The van der Waals surface area contributed by atoms with Crippen molar-refractivity contribution in [3.05, 3.63) is 45.3 Å². The first-order chi connectivity index (χ1) is 13.1. The van der Waals surface area contributed by atoms with Gasteiger partial charge in [-0.05, 0) is 43.0 Å². The van der Waals surface area contributed by atoms with Gasteiger partial charge in [-0.25, -0.2) is 4.98 Å². The van der Waals surface area contributed by atoms with Gasteiger partial charge in [-0.2, -0.15) is 0 Å². The number of carbonyl (C=O) groups is 1. The number of hydrogen-bond donors (Lipinski definition) is 2. The molecule has 4 rings (SSSR count). The molecular weight excluding hydrogens is 362 g/mol. The van der Waals surface area contributed by atoms with E-state index in [0.717, 1.165) is 38.2 Å². The van der Waals surface area contributed by atoms with E-state index in [0.29, 0.717) is 11.5 Å². The monoisotopic (exact) mass is 387 g/mol. The number of aliphatic hydroxyl groups is 1. The molecule has 0 saturated carbocycles. The van der Waals surface area contributed by atoms with Crippen LogP contribution in [-0.4, -0.2) is 48.8 Å². The van der Waals surface area contributed by atoms with Crippen molar-refractivity contribution in [2.75, 3.05) is 37.7 Å². The number of carbonyl (C=O) groups excluding carboxylic acids is 1. The predicted molar refractivity (Wildman–Crippen MR) is 105 cm³/mol. The zero-order valence-corrected chi connectivity index (χ0v) is 16.3. The Hall–Kier alpha value is -1.96. The van der Waals surface area contributed by atoms with Crippen molar-refractivity contribution in [2.24, 2.45) is 0 Å². The minimum atomic E-state index is -0.293. The summed E-state index contributed by atoms with van der Waals surface area (Å²) in [5.74, 6) is 0.943. The number of aliphatic hydroxyl groups excluding tert-OH is 1. The van der Waals surface area contributed by atoms with E-state index in [9.17, 15) is 4.79 Å². The molecule has 6 nitrogen and oxygen atoms in total. The van der Waals surface area contributed by atoms with E-state index in [1.54, 1.807) is 11.3 Å². The summed E-state index contributed by atoms with van der Waals surface area (Å²) < 4.78 is 6.31. The Labute approximate surface area is 163 Å². The van der Waals surface area contributed by atoms with Crippen LogP contribution in [0.1, 0.15) is 38.5 Å². The van der Waals surface area contributed by atoms with E-state index in [-0.39, 0.29) is 24.7 Å². The summed E-state index contributed by atoms with van der Waals surface area (Å²) in [5.41, 5.74) is 2.08. The van der Waals surface area contributed by atoms with Crippen molar-refractivity contribution >= 4 is 23.1 Å². The van der Waals surface area contributed by atoms with E-state index in [1.807, 2.05) is 18.3 Å². The maximum Gasteiger partial charge on any atom is 0.261 e. The second-order valence-electron chi connectivity index (χ2n) is 7.15. The maximum absolute atomic E-state index is 12.3. The van der Waals surface area contributed by atoms with Gasteiger partial charge in [-0.15, -0.1) is 11.3 Å². The van der Waals surface area contributed by atoms with Crippen LogP contribution in [0, 0.1) is 6.92 Å². The number of piperidine rings is 1. The zero-order chi connectivity index (χ0) is 18.9. The number of pyridine rings is 1. The van der Waals surface area contributed by atoms with Gasteiger partial charge in [0.2, 0.25) is 0 Å². The van der Waals surface area contributed by atoms with Crippen molar-refractivity contribution in [3.63, 3.8) is 0 Å². The van der Waals surface area contributed by atoms with Crippen LogP contribution in [0.25, 0.3) is 0 Å². The number of nitrogens with zero attached hydrogens (tertiary/aromatic N) is 2. The number of aryl methyl sites for hydroxylation is 1. The number of nitrogens with one attached hydrogen (secondary N) is 1. The number of fused-ring (bicyclic) bond motifs is 2. The summed E-state index contributed by atoms with van der Waals surface area (Å²) >= 11 is 1.56. The second kappa shape index (κ2) is 7.58. The van der Waals surface area contributed by atoms with Gasteiger partial charge in [0.05, 0.1) is 23.7 Å². The summed E-state index contributed by atoms with van der Waals surface area (Å²) in [7, 11) is 0. The normalized spacial score (nSPS) is 18.4. The molecule has 27 heavy (non-hydrogen) atoms. The van der Waals surface area contributed by atoms with Crippen LogP contribution in [-0.2, 0) is 16.8 Å². The van der Waals surface area contributed by atoms with Crippen LogP contribution in [0.5, 0.6) is 0 Å².